The Balaban J connectivity index is 1.86. The lowest BCUT2D eigenvalue weighted by molar-refractivity contribution is -0.124. The lowest BCUT2D eigenvalue weighted by atomic mass is 9.63. The minimum absolute atomic E-state index is 0.145. The molecule has 0 aliphatic heterocycles. The maximum atomic E-state index is 13.6. The van der Waals surface area contributed by atoms with Crippen molar-refractivity contribution < 1.29 is 19.0 Å². The van der Waals surface area contributed by atoms with Gasteiger partial charge in [0, 0.05) is 11.3 Å². The molecule has 0 bridgehead atoms. The Labute approximate surface area is 140 Å². The Hall–Kier alpha value is -2.40. The summed E-state index contributed by atoms with van der Waals surface area (Å²) in [6.07, 6.45) is 2.34. The summed E-state index contributed by atoms with van der Waals surface area (Å²) in [5.74, 6) is 0.0889. The molecule has 0 atom stereocenters. The highest BCUT2D eigenvalue weighted by Crippen LogP contribution is 2.44. The van der Waals surface area contributed by atoms with E-state index in [0.717, 1.165) is 6.42 Å². The van der Waals surface area contributed by atoms with Gasteiger partial charge in [0.25, 0.3) is 0 Å². The Kier molecular flexibility index (Phi) is 4.53. The molecule has 1 amide bonds. The fourth-order valence-corrected chi connectivity index (χ4v) is 3.19. The van der Waals surface area contributed by atoms with E-state index in [2.05, 4.69) is 5.32 Å². The molecule has 0 spiro atoms. The fraction of sp³-hybridized carbons (Fsp3) is 0.316. The van der Waals surface area contributed by atoms with E-state index in [1.54, 1.807) is 30.3 Å². The van der Waals surface area contributed by atoms with Crippen LogP contribution in [0.1, 0.15) is 30.4 Å². The van der Waals surface area contributed by atoms with Crippen LogP contribution in [0.5, 0.6) is 5.75 Å². The van der Waals surface area contributed by atoms with Crippen LogP contribution in [0.15, 0.2) is 42.5 Å². The maximum Gasteiger partial charge on any atom is 0.235 e. The third kappa shape index (κ3) is 2.87. The van der Waals surface area contributed by atoms with E-state index in [-0.39, 0.29) is 18.3 Å². The van der Waals surface area contributed by atoms with Crippen molar-refractivity contribution in [2.75, 3.05) is 12.4 Å². The van der Waals surface area contributed by atoms with Crippen LogP contribution in [-0.2, 0) is 16.8 Å². The van der Waals surface area contributed by atoms with Gasteiger partial charge in [-0.05, 0) is 48.7 Å². The molecule has 0 heterocycles. The lowest BCUT2D eigenvalue weighted by Gasteiger charge is -2.40. The third-order valence-electron chi connectivity index (χ3n) is 4.73. The summed E-state index contributed by atoms with van der Waals surface area (Å²) in [5, 5.41) is 12.3. The first-order chi connectivity index (χ1) is 11.6. The van der Waals surface area contributed by atoms with E-state index in [1.165, 1.54) is 19.2 Å². The molecule has 1 fully saturated rings. The van der Waals surface area contributed by atoms with Crippen molar-refractivity contribution in [2.24, 2.45) is 0 Å². The van der Waals surface area contributed by atoms with Crippen molar-refractivity contribution in [3.05, 3.63) is 59.4 Å². The summed E-state index contributed by atoms with van der Waals surface area (Å²) in [6, 6.07) is 11.4. The molecule has 3 rings (SSSR count). The standard InChI is InChI=1S/C19H20FNO3/c1-24-17-7-6-16(10-13(17)12-22)21-18(23)19(8-3-9-19)14-4-2-5-15(20)11-14/h2,4-7,10-11,22H,3,8-9,12H2,1H3,(H,21,23). The van der Waals surface area contributed by atoms with E-state index < -0.39 is 5.41 Å². The van der Waals surface area contributed by atoms with Gasteiger partial charge in [-0.2, -0.15) is 0 Å². The number of nitrogens with one attached hydrogen (secondary N) is 1. The van der Waals surface area contributed by atoms with Crippen LogP contribution in [-0.4, -0.2) is 18.1 Å². The molecule has 24 heavy (non-hydrogen) atoms. The zero-order valence-electron chi connectivity index (χ0n) is 13.5. The molecule has 0 unspecified atom stereocenters. The molecular weight excluding hydrogens is 309 g/mol. The van der Waals surface area contributed by atoms with Crippen LogP contribution < -0.4 is 10.1 Å². The number of carbonyl (C=O) groups excluding carboxylic acids is 1. The van der Waals surface area contributed by atoms with Gasteiger partial charge in [-0.25, -0.2) is 4.39 Å². The number of aliphatic hydroxyl groups excluding tert-OH is 1. The number of methoxy groups -OCH3 is 1. The Morgan fingerprint density at radius 2 is 2.08 bits per heavy atom. The number of aliphatic hydroxyl groups is 1. The first kappa shape index (κ1) is 16.5. The SMILES string of the molecule is COc1ccc(NC(=O)C2(c3cccc(F)c3)CCC2)cc1CO. The molecule has 0 saturated heterocycles. The molecule has 2 aromatic rings. The van der Waals surface area contributed by atoms with Crippen LogP contribution >= 0.6 is 0 Å². The number of hydrogen-bond donors (Lipinski definition) is 2. The van der Waals surface area contributed by atoms with Gasteiger partial charge < -0.3 is 15.2 Å². The lowest BCUT2D eigenvalue weighted by Crippen LogP contribution is -2.46. The quantitative estimate of drug-likeness (QED) is 0.884. The number of hydrogen-bond acceptors (Lipinski definition) is 3. The molecular formula is C19H20FNO3. The fourth-order valence-electron chi connectivity index (χ4n) is 3.19. The molecule has 1 saturated carbocycles. The molecule has 0 aromatic heterocycles. The van der Waals surface area contributed by atoms with E-state index in [1.807, 2.05) is 0 Å². The van der Waals surface area contributed by atoms with Crippen molar-refractivity contribution in [2.45, 2.75) is 31.3 Å². The molecule has 1 aliphatic carbocycles. The summed E-state index contributed by atoms with van der Waals surface area (Å²) in [5.41, 5.74) is 1.22. The second kappa shape index (κ2) is 6.61. The Morgan fingerprint density at radius 1 is 1.29 bits per heavy atom. The normalized spacial score (nSPS) is 15.5. The minimum Gasteiger partial charge on any atom is -0.496 e. The van der Waals surface area contributed by atoms with Gasteiger partial charge in [-0.1, -0.05) is 18.6 Å². The summed E-state index contributed by atoms with van der Waals surface area (Å²) < 4.78 is 18.7. The van der Waals surface area contributed by atoms with Gasteiger partial charge in [-0.3, -0.25) is 4.79 Å². The third-order valence-corrected chi connectivity index (χ3v) is 4.73. The Bertz CT molecular complexity index is 756. The van der Waals surface area contributed by atoms with Crippen molar-refractivity contribution in [1.29, 1.82) is 0 Å². The van der Waals surface area contributed by atoms with Crippen LogP contribution in [0.2, 0.25) is 0 Å². The smallest absolute Gasteiger partial charge is 0.235 e. The molecule has 0 radical (unpaired) electrons. The van der Waals surface area contributed by atoms with Gasteiger partial charge in [0.05, 0.1) is 19.1 Å². The number of anilines is 1. The van der Waals surface area contributed by atoms with E-state index in [4.69, 9.17) is 4.74 Å². The predicted molar refractivity (Wildman–Crippen MR) is 89.5 cm³/mol. The average molecular weight is 329 g/mol. The monoisotopic (exact) mass is 329 g/mol. The van der Waals surface area contributed by atoms with Gasteiger partial charge in [0.15, 0.2) is 0 Å². The van der Waals surface area contributed by atoms with Gasteiger partial charge >= 0.3 is 0 Å². The largest absolute Gasteiger partial charge is 0.496 e. The first-order valence-electron chi connectivity index (χ1n) is 7.94. The number of rotatable bonds is 5. The summed E-state index contributed by atoms with van der Waals surface area (Å²) >= 11 is 0. The van der Waals surface area contributed by atoms with Gasteiger partial charge in [0.1, 0.15) is 11.6 Å². The second-order valence-corrected chi connectivity index (χ2v) is 6.08. The van der Waals surface area contributed by atoms with Crippen molar-refractivity contribution in [3.63, 3.8) is 0 Å². The van der Waals surface area contributed by atoms with Crippen molar-refractivity contribution >= 4 is 11.6 Å². The second-order valence-electron chi connectivity index (χ2n) is 6.08. The molecule has 2 aromatic carbocycles. The molecule has 4 nitrogen and oxygen atoms in total. The Morgan fingerprint density at radius 3 is 2.67 bits per heavy atom. The summed E-state index contributed by atoms with van der Waals surface area (Å²) in [6.45, 7) is -0.179. The molecule has 1 aliphatic rings. The zero-order valence-corrected chi connectivity index (χ0v) is 13.5. The van der Waals surface area contributed by atoms with Gasteiger partial charge in [-0.15, -0.1) is 0 Å². The molecule has 2 N–H and O–H groups in total. The van der Waals surface area contributed by atoms with Crippen LogP contribution in [0, 0.1) is 5.82 Å². The van der Waals surface area contributed by atoms with Crippen molar-refractivity contribution in [3.8, 4) is 5.75 Å². The average Bonchev–Trinajstić information content (AvgIpc) is 2.53. The van der Waals surface area contributed by atoms with Gasteiger partial charge in [0.2, 0.25) is 5.91 Å². The summed E-state index contributed by atoms with van der Waals surface area (Å²) in [4.78, 5) is 12.9. The molecule has 126 valence electrons. The van der Waals surface area contributed by atoms with Crippen LogP contribution in [0.3, 0.4) is 0 Å². The minimum atomic E-state index is -0.679. The van der Waals surface area contributed by atoms with Crippen molar-refractivity contribution in [1.82, 2.24) is 0 Å². The molecule has 5 heteroatoms. The number of ether oxygens (including phenoxy) is 1. The zero-order chi connectivity index (χ0) is 17.2. The highest BCUT2D eigenvalue weighted by molar-refractivity contribution is 6.00. The topological polar surface area (TPSA) is 58.6 Å². The van der Waals surface area contributed by atoms with Crippen LogP contribution in [0.4, 0.5) is 10.1 Å². The first-order valence-corrected chi connectivity index (χ1v) is 7.94. The number of carbonyl (C=O) groups is 1. The number of benzene rings is 2. The highest BCUT2D eigenvalue weighted by atomic mass is 19.1. The predicted octanol–water partition coefficient (Wildman–Crippen LogP) is 3.39. The van der Waals surface area contributed by atoms with E-state index >= 15 is 0 Å². The van der Waals surface area contributed by atoms with Crippen LogP contribution in [0.25, 0.3) is 0 Å². The maximum absolute atomic E-state index is 13.6. The van der Waals surface area contributed by atoms with E-state index in [9.17, 15) is 14.3 Å². The van der Waals surface area contributed by atoms with E-state index in [0.29, 0.717) is 35.4 Å². The number of amides is 1. The summed E-state index contributed by atoms with van der Waals surface area (Å²) in [7, 11) is 1.53. The number of halogens is 1. The highest BCUT2D eigenvalue weighted by Gasteiger charge is 2.45.